The molecule has 0 amide bonds. The van der Waals surface area contributed by atoms with Crippen molar-refractivity contribution in [2.24, 2.45) is 0 Å². The summed E-state index contributed by atoms with van der Waals surface area (Å²) in [5.74, 6) is 0. The largest absolute Gasteiger partial charge is 0.193 e. The summed E-state index contributed by atoms with van der Waals surface area (Å²) in [6.45, 7) is 1.95. The molecular weight excluding hydrogens is 182 g/mol. The van der Waals surface area contributed by atoms with Crippen molar-refractivity contribution in [2.45, 2.75) is 6.92 Å². The molecule has 0 aliphatic rings. The zero-order chi connectivity index (χ0) is 10.7. The Labute approximate surface area is 89.3 Å². The number of nitriles is 1. The van der Waals surface area contributed by atoms with E-state index in [-0.39, 0.29) is 0 Å². The van der Waals surface area contributed by atoms with Gasteiger partial charge in [-0.05, 0) is 34.9 Å². The summed E-state index contributed by atoms with van der Waals surface area (Å²) in [6, 6.07) is 16.5. The van der Waals surface area contributed by atoms with E-state index in [2.05, 4.69) is 30.3 Å². The summed E-state index contributed by atoms with van der Waals surface area (Å²) in [6.07, 6.45) is 1.57. The van der Waals surface area contributed by atoms with Gasteiger partial charge in [0.25, 0.3) is 0 Å². The smallest absolute Gasteiger partial charge is 0.0915 e. The van der Waals surface area contributed by atoms with Gasteiger partial charge in [0.05, 0.1) is 6.07 Å². The van der Waals surface area contributed by atoms with Crippen LogP contribution in [-0.2, 0) is 0 Å². The molecule has 0 heterocycles. The number of benzene rings is 2. The predicted molar refractivity (Wildman–Crippen MR) is 63.2 cm³/mol. The van der Waals surface area contributed by atoms with Crippen LogP contribution in [0.25, 0.3) is 16.3 Å². The highest BCUT2D eigenvalue weighted by atomic mass is 14.2. The number of nitrogens with zero attached hydrogens (tertiary/aromatic N) is 1. The number of rotatable bonds is 1. The van der Waals surface area contributed by atoms with Gasteiger partial charge in [-0.15, -0.1) is 0 Å². The Morgan fingerprint density at radius 1 is 1.13 bits per heavy atom. The van der Waals surface area contributed by atoms with Crippen LogP contribution in [0.1, 0.15) is 12.5 Å². The van der Waals surface area contributed by atoms with E-state index in [1.54, 1.807) is 6.08 Å². The molecule has 0 aromatic heterocycles. The molecule has 1 nitrogen and oxygen atoms in total. The summed E-state index contributed by atoms with van der Waals surface area (Å²) >= 11 is 0. The number of hydrogen-bond donors (Lipinski definition) is 0. The van der Waals surface area contributed by atoms with Crippen LogP contribution < -0.4 is 0 Å². The van der Waals surface area contributed by atoms with Crippen molar-refractivity contribution in [3.63, 3.8) is 0 Å². The quantitative estimate of drug-likeness (QED) is 0.632. The van der Waals surface area contributed by atoms with E-state index in [9.17, 15) is 0 Å². The van der Waals surface area contributed by atoms with Crippen LogP contribution in [0.3, 0.4) is 0 Å². The fourth-order valence-corrected chi connectivity index (χ4v) is 1.61. The molecule has 2 aromatic rings. The van der Waals surface area contributed by atoms with Crippen molar-refractivity contribution in [3.8, 4) is 6.07 Å². The van der Waals surface area contributed by atoms with Crippen LogP contribution in [-0.4, -0.2) is 0 Å². The van der Waals surface area contributed by atoms with Crippen molar-refractivity contribution < 1.29 is 0 Å². The third-order valence-electron chi connectivity index (χ3n) is 2.49. The number of fused-ring (bicyclic) bond motifs is 1. The molecule has 1 heteroatoms. The molecule has 0 fully saturated rings. The normalized spacial score (nSPS) is 11.3. The molecule has 0 atom stereocenters. The molecule has 15 heavy (non-hydrogen) atoms. The Bertz CT molecular complexity index is 559. The van der Waals surface area contributed by atoms with Crippen LogP contribution in [0.2, 0.25) is 0 Å². The third kappa shape index (κ3) is 1.89. The topological polar surface area (TPSA) is 23.8 Å². The lowest BCUT2D eigenvalue weighted by Gasteiger charge is -2.02. The first-order chi connectivity index (χ1) is 7.31. The lowest BCUT2D eigenvalue weighted by molar-refractivity contribution is 1.52. The number of hydrogen-bond acceptors (Lipinski definition) is 1. The lowest BCUT2D eigenvalue weighted by atomic mass is 10.0. The van der Waals surface area contributed by atoms with Gasteiger partial charge in [-0.25, -0.2) is 0 Å². The minimum atomic E-state index is 1.00. The zero-order valence-corrected chi connectivity index (χ0v) is 8.57. The first-order valence-corrected chi connectivity index (χ1v) is 4.87. The van der Waals surface area contributed by atoms with E-state index in [1.807, 2.05) is 25.1 Å². The maximum atomic E-state index is 8.58. The molecule has 0 bridgehead atoms. The molecule has 0 saturated heterocycles. The fraction of sp³-hybridized carbons (Fsp3) is 0.0714. The molecule has 72 valence electrons. The van der Waals surface area contributed by atoms with Gasteiger partial charge in [0.1, 0.15) is 0 Å². The molecule has 0 spiro atoms. The van der Waals surface area contributed by atoms with E-state index in [0.717, 1.165) is 11.1 Å². The predicted octanol–water partition coefficient (Wildman–Crippen LogP) is 3.77. The van der Waals surface area contributed by atoms with Crippen molar-refractivity contribution >= 4 is 16.3 Å². The van der Waals surface area contributed by atoms with Gasteiger partial charge in [0, 0.05) is 6.08 Å². The van der Waals surface area contributed by atoms with E-state index in [0.29, 0.717) is 0 Å². The fourth-order valence-electron chi connectivity index (χ4n) is 1.61. The SMILES string of the molecule is CC(=CC#N)c1ccc2ccccc2c1. The Hall–Kier alpha value is -2.07. The third-order valence-corrected chi connectivity index (χ3v) is 2.49. The maximum Gasteiger partial charge on any atom is 0.0915 e. The summed E-state index contributed by atoms with van der Waals surface area (Å²) in [7, 11) is 0. The maximum absolute atomic E-state index is 8.58. The van der Waals surface area contributed by atoms with Crippen molar-refractivity contribution in [2.75, 3.05) is 0 Å². The molecule has 0 radical (unpaired) electrons. The highest BCUT2D eigenvalue weighted by molar-refractivity contribution is 5.86. The molecule has 0 saturated carbocycles. The van der Waals surface area contributed by atoms with Gasteiger partial charge in [0.2, 0.25) is 0 Å². The van der Waals surface area contributed by atoms with Gasteiger partial charge in [-0.3, -0.25) is 0 Å². The van der Waals surface area contributed by atoms with Crippen LogP contribution in [0.4, 0.5) is 0 Å². The Kier molecular flexibility index (Phi) is 2.51. The van der Waals surface area contributed by atoms with E-state index in [1.165, 1.54) is 10.8 Å². The zero-order valence-electron chi connectivity index (χ0n) is 8.57. The monoisotopic (exact) mass is 193 g/mol. The highest BCUT2D eigenvalue weighted by Crippen LogP contribution is 2.20. The van der Waals surface area contributed by atoms with Crippen LogP contribution in [0.5, 0.6) is 0 Å². The minimum Gasteiger partial charge on any atom is -0.193 e. The van der Waals surface area contributed by atoms with Crippen LogP contribution >= 0.6 is 0 Å². The second-order valence-corrected chi connectivity index (χ2v) is 3.52. The Morgan fingerprint density at radius 3 is 2.60 bits per heavy atom. The minimum absolute atomic E-state index is 1.00. The second kappa shape index (κ2) is 3.98. The van der Waals surface area contributed by atoms with Gasteiger partial charge < -0.3 is 0 Å². The summed E-state index contributed by atoms with van der Waals surface area (Å²) in [5, 5.41) is 11.0. The molecule has 0 aliphatic heterocycles. The highest BCUT2D eigenvalue weighted by Gasteiger charge is 1.97. The molecular formula is C14H11N. The van der Waals surface area contributed by atoms with Crippen molar-refractivity contribution in [1.29, 1.82) is 5.26 Å². The standard InChI is InChI=1S/C14H11N/c1-11(8-9-15)13-7-6-12-4-2-3-5-14(12)10-13/h2-8,10H,1H3. The summed E-state index contributed by atoms with van der Waals surface area (Å²) in [4.78, 5) is 0. The Balaban J connectivity index is 2.57. The summed E-state index contributed by atoms with van der Waals surface area (Å²) in [5.41, 5.74) is 2.11. The molecule has 2 aromatic carbocycles. The Morgan fingerprint density at radius 2 is 1.87 bits per heavy atom. The molecule has 0 aliphatic carbocycles. The van der Waals surface area contributed by atoms with Gasteiger partial charge in [0.15, 0.2) is 0 Å². The van der Waals surface area contributed by atoms with E-state index in [4.69, 9.17) is 5.26 Å². The van der Waals surface area contributed by atoms with Crippen LogP contribution in [0.15, 0.2) is 48.5 Å². The first kappa shape index (κ1) is 9.48. The average Bonchev–Trinajstić information content (AvgIpc) is 2.29. The molecule has 0 unspecified atom stereocenters. The average molecular weight is 193 g/mol. The summed E-state index contributed by atoms with van der Waals surface area (Å²) < 4.78 is 0. The van der Waals surface area contributed by atoms with Crippen molar-refractivity contribution in [1.82, 2.24) is 0 Å². The lowest BCUT2D eigenvalue weighted by Crippen LogP contribution is -1.80. The molecule has 2 rings (SSSR count). The van der Waals surface area contributed by atoms with E-state index >= 15 is 0 Å². The van der Waals surface area contributed by atoms with E-state index < -0.39 is 0 Å². The van der Waals surface area contributed by atoms with Gasteiger partial charge in [-0.1, -0.05) is 36.4 Å². The first-order valence-electron chi connectivity index (χ1n) is 4.87. The van der Waals surface area contributed by atoms with Gasteiger partial charge >= 0.3 is 0 Å². The number of allylic oxidation sites excluding steroid dienone is 2. The molecule has 0 N–H and O–H groups in total. The van der Waals surface area contributed by atoms with Crippen LogP contribution in [0, 0.1) is 11.3 Å². The van der Waals surface area contributed by atoms with Crippen molar-refractivity contribution in [3.05, 3.63) is 54.1 Å². The van der Waals surface area contributed by atoms with Gasteiger partial charge in [-0.2, -0.15) is 5.26 Å². The second-order valence-electron chi connectivity index (χ2n) is 3.52.